The summed E-state index contributed by atoms with van der Waals surface area (Å²) < 4.78 is 32.8. The molecule has 156 valence electrons. The first-order valence-electron chi connectivity index (χ1n) is 10.1. The summed E-state index contributed by atoms with van der Waals surface area (Å²) in [5, 5.41) is 2.86. The van der Waals surface area contributed by atoms with E-state index in [4.69, 9.17) is 4.74 Å². The molecule has 0 aromatic heterocycles. The predicted octanol–water partition coefficient (Wildman–Crippen LogP) is 2.68. The number of methoxy groups -OCH3 is 1. The molecule has 8 heteroatoms. The number of nitrogens with one attached hydrogen (secondary N) is 1. The molecule has 2 aliphatic heterocycles. The highest BCUT2D eigenvalue weighted by Gasteiger charge is 2.27. The fourth-order valence-corrected chi connectivity index (χ4v) is 5.51. The molecule has 0 saturated carbocycles. The SMILES string of the molecule is COc1ccc(S(=O)(=O)N2CCCCC2)cc1NC(=O)CN1CCCC[C@@H]1C. The first kappa shape index (κ1) is 21.1. The second kappa shape index (κ2) is 9.24. The van der Waals surface area contributed by atoms with E-state index in [1.165, 1.54) is 23.9 Å². The van der Waals surface area contributed by atoms with Crippen LogP contribution in [0.25, 0.3) is 0 Å². The number of likely N-dealkylation sites (tertiary alicyclic amines) is 1. The molecule has 0 spiro atoms. The summed E-state index contributed by atoms with van der Waals surface area (Å²) >= 11 is 0. The van der Waals surface area contributed by atoms with E-state index in [1.807, 2.05) is 0 Å². The van der Waals surface area contributed by atoms with Crippen LogP contribution in [0.1, 0.15) is 45.4 Å². The highest BCUT2D eigenvalue weighted by Crippen LogP contribution is 2.30. The van der Waals surface area contributed by atoms with Crippen molar-refractivity contribution in [2.24, 2.45) is 0 Å². The second-order valence-electron chi connectivity index (χ2n) is 7.69. The minimum absolute atomic E-state index is 0.153. The maximum Gasteiger partial charge on any atom is 0.243 e. The third-order valence-corrected chi connectivity index (χ3v) is 7.58. The number of piperidine rings is 2. The van der Waals surface area contributed by atoms with Crippen LogP contribution in [0.15, 0.2) is 23.1 Å². The van der Waals surface area contributed by atoms with Crippen LogP contribution in [0.3, 0.4) is 0 Å². The quantitative estimate of drug-likeness (QED) is 0.781. The minimum Gasteiger partial charge on any atom is -0.495 e. The molecule has 1 amide bonds. The number of benzene rings is 1. The summed E-state index contributed by atoms with van der Waals surface area (Å²) in [6.07, 6.45) is 6.22. The van der Waals surface area contributed by atoms with Crippen molar-refractivity contribution in [1.29, 1.82) is 0 Å². The molecule has 1 aromatic rings. The molecular formula is C20H31N3O4S. The van der Waals surface area contributed by atoms with Gasteiger partial charge in [-0.15, -0.1) is 0 Å². The molecule has 3 rings (SSSR count). The molecule has 1 N–H and O–H groups in total. The molecule has 7 nitrogen and oxygen atoms in total. The number of sulfonamides is 1. The van der Waals surface area contributed by atoms with Crippen molar-refractivity contribution in [2.75, 3.05) is 38.6 Å². The minimum atomic E-state index is -3.57. The number of anilines is 1. The summed E-state index contributed by atoms with van der Waals surface area (Å²) in [4.78, 5) is 14.9. The molecule has 0 aliphatic carbocycles. The van der Waals surface area contributed by atoms with E-state index in [1.54, 1.807) is 12.1 Å². The van der Waals surface area contributed by atoms with Crippen molar-refractivity contribution in [2.45, 2.75) is 56.4 Å². The van der Waals surface area contributed by atoms with Crippen LogP contribution in [0.5, 0.6) is 5.75 Å². The van der Waals surface area contributed by atoms with E-state index in [0.29, 0.717) is 37.1 Å². The van der Waals surface area contributed by atoms with E-state index < -0.39 is 10.0 Å². The predicted molar refractivity (Wildman–Crippen MR) is 109 cm³/mol. The van der Waals surface area contributed by atoms with E-state index in [-0.39, 0.29) is 10.8 Å². The number of hydrogen-bond donors (Lipinski definition) is 1. The number of nitrogens with zero attached hydrogens (tertiary/aromatic N) is 2. The van der Waals surface area contributed by atoms with Gasteiger partial charge in [-0.25, -0.2) is 8.42 Å². The normalized spacial score (nSPS) is 22.0. The van der Waals surface area contributed by atoms with Gasteiger partial charge in [0.2, 0.25) is 15.9 Å². The molecule has 0 bridgehead atoms. The molecule has 2 aliphatic rings. The maximum absolute atomic E-state index is 12.9. The zero-order chi connectivity index (χ0) is 20.1. The highest BCUT2D eigenvalue weighted by atomic mass is 32.2. The van der Waals surface area contributed by atoms with Crippen LogP contribution in [0.2, 0.25) is 0 Å². The van der Waals surface area contributed by atoms with E-state index in [9.17, 15) is 13.2 Å². The summed E-state index contributed by atoms with van der Waals surface area (Å²) in [6, 6.07) is 5.05. The molecule has 0 radical (unpaired) electrons. The lowest BCUT2D eigenvalue weighted by atomic mass is 10.0. The Kier molecular flexibility index (Phi) is 6.95. The fraction of sp³-hybridized carbons (Fsp3) is 0.650. The molecule has 0 unspecified atom stereocenters. The number of rotatable bonds is 6. The average molecular weight is 410 g/mol. The van der Waals surface area contributed by atoms with Gasteiger partial charge in [-0.05, 0) is 57.4 Å². The van der Waals surface area contributed by atoms with Crippen molar-refractivity contribution in [3.8, 4) is 5.75 Å². The average Bonchev–Trinajstić information content (AvgIpc) is 2.70. The van der Waals surface area contributed by atoms with Gasteiger partial charge in [-0.3, -0.25) is 9.69 Å². The van der Waals surface area contributed by atoms with Gasteiger partial charge in [0, 0.05) is 19.1 Å². The largest absolute Gasteiger partial charge is 0.495 e. The van der Waals surface area contributed by atoms with Crippen LogP contribution >= 0.6 is 0 Å². The van der Waals surface area contributed by atoms with Crippen molar-refractivity contribution >= 4 is 21.6 Å². The van der Waals surface area contributed by atoms with Gasteiger partial charge in [0.05, 0.1) is 24.2 Å². The second-order valence-corrected chi connectivity index (χ2v) is 9.63. The Bertz CT molecular complexity index is 791. The first-order chi connectivity index (χ1) is 13.4. The van der Waals surface area contributed by atoms with Crippen molar-refractivity contribution in [1.82, 2.24) is 9.21 Å². The monoisotopic (exact) mass is 409 g/mol. The zero-order valence-corrected chi connectivity index (χ0v) is 17.6. The van der Waals surface area contributed by atoms with Crippen molar-refractivity contribution in [3.63, 3.8) is 0 Å². The Balaban J connectivity index is 1.76. The van der Waals surface area contributed by atoms with Gasteiger partial charge in [-0.1, -0.05) is 12.8 Å². The lowest BCUT2D eigenvalue weighted by Crippen LogP contribution is -2.42. The fourth-order valence-electron chi connectivity index (χ4n) is 3.97. The number of ether oxygens (including phenoxy) is 1. The van der Waals surface area contributed by atoms with Crippen LogP contribution in [0, 0.1) is 0 Å². The number of hydrogen-bond acceptors (Lipinski definition) is 5. The standard InChI is InChI=1S/C20H31N3O4S/c1-16-8-4-7-11-22(16)15-20(24)21-18-14-17(9-10-19(18)27-2)28(25,26)23-12-5-3-6-13-23/h9-10,14,16H,3-8,11-13,15H2,1-2H3,(H,21,24)/t16-/m0/s1. The zero-order valence-electron chi connectivity index (χ0n) is 16.8. The summed E-state index contributed by atoms with van der Waals surface area (Å²) in [6.45, 7) is 4.44. The van der Waals surface area contributed by atoms with E-state index >= 15 is 0 Å². The lowest BCUT2D eigenvalue weighted by molar-refractivity contribution is -0.118. The molecule has 1 aromatic carbocycles. The first-order valence-corrected chi connectivity index (χ1v) is 11.6. The van der Waals surface area contributed by atoms with Gasteiger partial charge >= 0.3 is 0 Å². The third-order valence-electron chi connectivity index (χ3n) is 5.69. The highest BCUT2D eigenvalue weighted by molar-refractivity contribution is 7.89. The summed E-state index contributed by atoms with van der Waals surface area (Å²) in [7, 11) is -2.05. The Morgan fingerprint density at radius 3 is 2.54 bits per heavy atom. The third kappa shape index (κ3) is 4.85. The number of carbonyl (C=O) groups is 1. The molecule has 2 heterocycles. The van der Waals surface area contributed by atoms with Gasteiger partial charge < -0.3 is 10.1 Å². The van der Waals surface area contributed by atoms with Gasteiger partial charge in [0.15, 0.2) is 0 Å². The summed E-state index contributed by atoms with van der Waals surface area (Å²) in [5.74, 6) is 0.303. The van der Waals surface area contributed by atoms with E-state index in [2.05, 4.69) is 17.1 Å². The molecule has 28 heavy (non-hydrogen) atoms. The molecule has 2 saturated heterocycles. The molecular weight excluding hydrogens is 378 g/mol. The smallest absolute Gasteiger partial charge is 0.243 e. The topological polar surface area (TPSA) is 79.0 Å². The van der Waals surface area contributed by atoms with Crippen LogP contribution in [-0.4, -0.2) is 62.9 Å². The maximum atomic E-state index is 12.9. The van der Waals surface area contributed by atoms with Crippen molar-refractivity contribution < 1.29 is 17.9 Å². The van der Waals surface area contributed by atoms with Gasteiger partial charge in [0.25, 0.3) is 0 Å². The van der Waals surface area contributed by atoms with Gasteiger partial charge in [0.1, 0.15) is 5.75 Å². The molecule has 1 atom stereocenters. The number of carbonyl (C=O) groups excluding carboxylic acids is 1. The number of amides is 1. The Morgan fingerprint density at radius 2 is 1.86 bits per heavy atom. The van der Waals surface area contributed by atoms with Crippen LogP contribution in [-0.2, 0) is 14.8 Å². The van der Waals surface area contributed by atoms with E-state index in [0.717, 1.165) is 38.6 Å². The lowest BCUT2D eigenvalue weighted by Gasteiger charge is -2.32. The van der Waals surface area contributed by atoms with Crippen LogP contribution in [0.4, 0.5) is 5.69 Å². The van der Waals surface area contributed by atoms with Crippen molar-refractivity contribution in [3.05, 3.63) is 18.2 Å². The van der Waals surface area contributed by atoms with Crippen LogP contribution < -0.4 is 10.1 Å². The Labute approximate surface area is 168 Å². The summed E-state index contributed by atoms with van der Waals surface area (Å²) in [5.41, 5.74) is 0.398. The molecule has 2 fully saturated rings. The Hall–Kier alpha value is -1.64. The Morgan fingerprint density at radius 1 is 1.14 bits per heavy atom. The van der Waals surface area contributed by atoms with Gasteiger partial charge in [-0.2, -0.15) is 4.31 Å².